The molecular weight excluding hydrogens is 196 g/mol. The molecule has 0 aliphatic carbocycles. The van der Waals surface area contributed by atoms with Gasteiger partial charge in [0.2, 0.25) is 5.91 Å². The van der Waals surface area contributed by atoms with Crippen LogP contribution in [0.3, 0.4) is 0 Å². The Kier molecular flexibility index (Phi) is 8.27. The molecule has 0 saturated carbocycles. The van der Waals surface area contributed by atoms with E-state index in [1.54, 1.807) is 26.2 Å². The van der Waals surface area contributed by atoms with Crippen LogP contribution in [0.2, 0.25) is 0 Å². The second-order valence-electron chi connectivity index (χ2n) is 3.48. The SMILES string of the molecule is COCCNCC(=O)N(C)C(C)COC. The number of rotatable bonds is 8. The Hall–Kier alpha value is -0.650. The van der Waals surface area contributed by atoms with Crippen LogP contribution in [0.25, 0.3) is 0 Å². The minimum Gasteiger partial charge on any atom is -0.383 e. The second-order valence-corrected chi connectivity index (χ2v) is 3.48. The summed E-state index contributed by atoms with van der Waals surface area (Å²) in [5.74, 6) is 0.0654. The molecule has 0 heterocycles. The maximum atomic E-state index is 11.6. The molecule has 0 bridgehead atoms. The van der Waals surface area contributed by atoms with Crippen LogP contribution in [0.5, 0.6) is 0 Å². The highest BCUT2D eigenvalue weighted by molar-refractivity contribution is 5.78. The monoisotopic (exact) mass is 218 g/mol. The lowest BCUT2D eigenvalue weighted by atomic mass is 10.3. The molecule has 0 aromatic heterocycles. The van der Waals surface area contributed by atoms with Crippen molar-refractivity contribution in [3.05, 3.63) is 0 Å². The van der Waals surface area contributed by atoms with E-state index in [1.165, 1.54) is 0 Å². The summed E-state index contributed by atoms with van der Waals surface area (Å²) < 4.78 is 9.85. The van der Waals surface area contributed by atoms with Crippen molar-refractivity contribution in [3.8, 4) is 0 Å². The number of ether oxygens (including phenoxy) is 2. The molecule has 90 valence electrons. The van der Waals surface area contributed by atoms with Gasteiger partial charge in [0, 0.05) is 27.8 Å². The van der Waals surface area contributed by atoms with Gasteiger partial charge >= 0.3 is 0 Å². The molecule has 0 spiro atoms. The molecule has 5 heteroatoms. The number of likely N-dealkylation sites (N-methyl/N-ethyl adjacent to an activating group) is 1. The van der Waals surface area contributed by atoms with E-state index >= 15 is 0 Å². The number of amides is 1. The fraction of sp³-hybridized carbons (Fsp3) is 0.900. The van der Waals surface area contributed by atoms with Crippen LogP contribution in [-0.4, -0.2) is 64.4 Å². The van der Waals surface area contributed by atoms with Crippen LogP contribution in [0.4, 0.5) is 0 Å². The number of hydrogen-bond donors (Lipinski definition) is 1. The Morgan fingerprint density at radius 3 is 2.60 bits per heavy atom. The van der Waals surface area contributed by atoms with E-state index in [-0.39, 0.29) is 11.9 Å². The van der Waals surface area contributed by atoms with Crippen LogP contribution < -0.4 is 5.32 Å². The molecule has 1 N–H and O–H groups in total. The summed E-state index contributed by atoms with van der Waals surface area (Å²) in [5, 5.41) is 3.01. The van der Waals surface area contributed by atoms with E-state index in [2.05, 4.69) is 5.32 Å². The normalized spacial score (nSPS) is 12.5. The average Bonchev–Trinajstić information content (AvgIpc) is 2.23. The molecule has 0 saturated heterocycles. The van der Waals surface area contributed by atoms with Gasteiger partial charge in [-0.25, -0.2) is 0 Å². The standard InChI is InChI=1S/C10H22N2O3/c1-9(8-15-4)12(2)10(13)7-11-5-6-14-3/h9,11H,5-8H2,1-4H3. The van der Waals surface area contributed by atoms with Gasteiger partial charge < -0.3 is 19.7 Å². The first-order valence-electron chi connectivity index (χ1n) is 5.07. The van der Waals surface area contributed by atoms with E-state index < -0.39 is 0 Å². The zero-order chi connectivity index (χ0) is 11.7. The minimum atomic E-state index is 0.0654. The molecule has 15 heavy (non-hydrogen) atoms. The van der Waals surface area contributed by atoms with Crippen molar-refractivity contribution in [2.75, 3.05) is 47.6 Å². The average molecular weight is 218 g/mol. The maximum absolute atomic E-state index is 11.6. The Labute approximate surface area is 91.7 Å². The van der Waals surface area contributed by atoms with Gasteiger partial charge in [0.05, 0.1) is 25.8 Å². The summed E-state index contributed by atoms with van der Waals surface area (Å²) in [5.41, 5.74) is 0. The van der Waals surface area contributed by atoms with Crippen molar-refractivity contribution in [1.29, 1.82) is 0 Å². The predicted octanol–water partition coefficient (Wildman–Crippen LogP) is -0.284. The molecule has 0 fully saturated rings. The molecule has 1 amide bonds. The van der Waals surface area contributed by atoms with E-state index in [0.29, 0.717) is 26.3 Å². The van der Waals surface area contributed by atoms with Gasteiger partial charge in [-0.1, -0.05) is 0 Å². The molecule has 0 aromatic carbocycles. The van der Waals surface area contributed by atoms with Gasteiger partial charge in [0.1, 0.15) is 0 Å². The van der Waals surface area contributed by atoms with Crippen LogP contribution in [0, 0.1) is 0 Å². The third-order valence-corrected chi connectivity index (χ3v) is 2.22. The summed E-state index contributed by atoms with van der Waals surface area (Å²) >= 11 is 0. The fourth-order valence-corrected chi connectivity index (χ4v) is 1.09. The zero-order valence-electron chi connectivity index (χ0n) is 10.1. The highest BCUT2D eigenvalue weighted by atomic mass is 16.5. The zero-order valence-corrected chi connectivity index (χ0v) is 10.1. The lowest BCUT2D eigenvalue weighted by Gasteiger charge is -2.24. The number of nitrogens with one attached hydrogen (secondary N) is 1. The van der Waals surface area contributed by atoms with Gasteiger partial charge in [-0.05, 0) is 6.92 Å². The van der Waals surface area contributed by atoms with Crippen molar-refractivity contribution in [1.82, 2.24) is 10.2 Å². The van der Waals surface area contributed by atoms with Crippen molar-refractivity contribution < 1.29 is 14.3 Å². The number of carbonyl (C=O) groups excluding carboxylic acids is 1. The molecule has 0 aliphatic heterocycles. The van der Waals surface area contributed by atoms with Gasteiger partial charge in [-0.3, -0.25) is 4.79 Å². The molecule has 1 atom stereocenters. The fourth-order valence-electron chi connectivity index (χ4n) is 1.09. The molecule has 0 aliphatic rings. The largest absolute Gasteiger partial charge is 0.383 e. The van der Waals surface area contributed by atoms with Gasteiger partial charge in [0.15, 0.2) is 0 Å². The summed E-state index contributed by atoms with van der Waals surface area (Å²) in [6, 6.07) is 0.103. The Balaban J connectivity index is 3.68. The molecule has 5 nitrogen and oxygen atoms in total. The van der Waals surface area contributed by atoms with E-state index in [4.69, 9.17) is 9.47 Å². The third kappa shape index (κ3) is 6.43. The van der Waals surface area contributed by atoms with Crippen molar-refractivity contribution in [2.24, 2.45) is 0 Å². The molecule has 0 rings (SSSR count). The van der Waals surface area contributed by atoms with E-state index in [9.17, 15) is 4.79 Å². The van der Waals surface area contributed by atoms with Crippen molar-refractivity contribution in [3.63, 3.8) is 0 Å². The Bertz CT molecular complexity index is 176. The van der Waals surface area contributed by atoms with Crippen LogP contribution in [0.15, 0.2) is 0 Å². The Morgan fingerprint density at radius 1 is 1.40 bits per heavy atom. The number of carbonyl (C=O) groups is 1. The first-order valence-corrected chi connectivity index (χ1v) is 5.07. The topological polar surface area (TPSA) is 50.8 Å². The molecule has 1 unspecified atom stereocenters. The summed E-state index contributed by atoms with van der Waals surface area (Å²) in [4.78, 5) is 13.3. The maximum Gasteiger partial charge on any atom is 0.236 e. The van der Waals surface area contributed by atoms with Gasteiger partial charge in [-0.15, -0.1) is 0 Å². The minimum absolute atomic E-state index is 0.0654. The first-order chi connectivity index (χ1) is 7.13. The third-order valence-electron chi connectivity index (χ3n) is 2.22. The predicted molar refractivity (Wildman–Crippen MR) is 58.9 cm³/mol. The summed E-state index contributed by atoms with van der Waals surface area (Å²) in [6.07, 6.45) is 0. The van der Waals surface area contributed by atoms with Crippen molar-refractivity contribution in [2.45, 2.75) is 13.0 Å². The number of nitrogens with zero attached hydrogens (tertiary/aromatic N) is 1. The van der Waals surface area contributed by atoms with Gasteiger partial charge in [-0.2, -0.15) is 0 Å². The highest BCUT2D eigenvalue weighted by Crippen LogP contribution is 1.95. The van der Waals surface area contributed by atoms with E-state index in [0.717, 1.165) is 0 Å². The molecular formula is C10H22N2O3. The quantitative estimate of drug-likeness (QED) is 0.569. The highest BCUT2D eigenvalue weighted by Gasteiger charge is 2.14. The summed E-state index contributed by atoms with van der Waals surface area (Å²) in [7, 11) is 5.05. The summed E-state index contributed by atoms with van der Waals surface area (Å²) in [6.45, 7) is 4.16. The number of hydrogen-bond acceptors (Lipinski definition) is 4. The number of methoxy groups -OCH3 is 2. The molecule has 0 aromatic rings. The van der Waals surface area contributed by atoms with Crippen LogP contribution >= 0.6 is 0 Å². The second kappa shape index (κ2) is 8.64. The van der Waals surface area contributed by atoms with Crippen LogP contribution in [-0.2, 0) is 14.3 Å². The lowest BCUT2D eigenvalue weighted by molar-refractivity contribution is -0.131. The molecule has 0 radical (unpaired) electrons. The Morgan fingerprint density at radius 2 is 2.07 bits per heavy atom. The van der Waals surface area contributed by atoms with Gasteiger partial charge in [0.25, 0.3) is 0 Å². The first kappa shape index (κ1) is 14.3. The smallest absolute Gasteiger partial charge is 0.236 e. The van der Waals surface area contributed by atoms with Crippen molar-refractivity contribution >= 4 is 5.91 Å². The van der Waals surface area contributed by atoms with E-state index in [1.807, 2.05) is 6.92 Å². The van der Waals surface area contributed by atoms with Crippen LogP contribution in [0.1, 0.15) is 6.92 Å². The lowest BCUT2D eigenvalue weighted by Crippen LogP contribution is -2.43.